The number of amides is 1. The summed E-state index contributed by atoms with van der Waals surface area (Å²) in [5, 5.41) is 13.4. The molecule has 0 spiro atoms. The number of benzene rings is 1. The van der Waals surface area contributed by atoms with Gasteiger partial charge < -0.3 is 15.2 Å². The van der Waals surface area contributed by atoms with Crippen LogP contribution >= 0.6 is 0 Å². The Hall–Kier alpha value is -1.55. The van der Waals surface area contributed by atoms with Crippen molar-refractivity contribution in [2.24, 2.45) is 0 Å². The summed E-state index contributed by atoms with van der Waals surface area (Å²) in [4.78, 5) is 12.1. The number of ether oxygens (including phenoxy) is 1. The third-order valence-corrected chi connectivity index (χ3v) is 4.19. The summed E-state index contributed by atoms with van der Waals surface area (Å²) in [6, 6.07) is 7.51. The predicted molar refractivity (Wildman–Crippen MR) is 82.4 cm³/mol. The molecule has 1 amide bonds. The summed E-state index contributed by atoms with van der Waals surface area (Å²) >= 11 is 0. The highest BCUT2D eigenvalue weighted by molar-refractivity contribution is 5.79. The Balaban J connectivity index is 1.87. The lowest BCUT2D eigenvalue weighted by atomic mass is 9.94. The molecule has 0 radical (unpaired) electrons. The summed E-state index contributed by atoms with van der Waals surface area (Å²) in [7, 11) is 1.60. The van der Waals surface area contributed by atoms with Crippen LogP contribution in [-0.2, 0) is 11.2 Å². The molecule has 0 saturated heterocycles. The van der Waals surface area contributed by atoms with Gasteiger partial charge in [-0.15, -0.1) is 0 Å². The maximum atomic E-state index is 12.1. The number of hydrogen-bond acceptors (Lipinski definition) is 3. The van der Waals surface area contributed by atoms with Gasteiger partial charge in [-0.25, -0.2) is 0 Å². The van der Waals surface area contributed by atoms with Crippen molar-refractivity contribution >= 4 is 5.91 Å². The first-order valence-corrected chi connectivity index (χ1v) is 7.74. The first-order valence-electron chi connectivity index (χ1n) is 7.74. The first-order chi connectivity index (χ1) is 10.1. The van der Waals surface area contributed by atoms with Crippen LogP contribution in [0.1, 0.15) is 44.1 Å². The van der Waals surface area contributed by atoms with E-state index in [1.807, 2.05) is 24.3 Å². The van der Waals surface area contributed by atoms with Gasteiger partial charge >= 0.3 is 0 Å². The van der Waals surface area contributed by atoms with Crippen molar-refractivity contribution < 1.29 is 14.6 Å². The van der Waals surface area contributed by atoms with Crippen molar-refractivity contribution in [3.05, 3.63) is 29.8 Å². The van der Waals surface area contributed by atoms with Crippen LogP contribution < -0.4 is 10.1 Å². The summed E-state index contributed by atoms with van der Waals surface area (Å²) < 4.78 is 5.25. The minimum absolute atomic E-state index is 0.0721. The van der Waals surface area contributed by atoms with E-state index in [4.69, 9.17) is 4.74 Å². The topological polar surface area (TPSA) is 58.6 Å². The lowest BCUT2D eigenvalue weighted by Crippen LogP contribution is -2.43. The Morgan fingerprint density at radius 3 is 2.57 bits per heavy atom. The average Bonchev–Trinajstić information content (AvgIpc) is 2.71. The van der Waals surface area contributed by atoms with Gasteiger partial charge in [-0.05, 0) is 18.9 Å². The maximum absolute atomic E-state index is 12.1. The van der Waals surface area contributed by atoms with Gasteiger partial charge in [-0.2, -0.15) is 0 Å². The minimum Gasteiger partial charge on any atom is -0.496 e. The molecule has 1 aromatic carbocycles. The molecule has 4 heteroatoms. The molecule has 0 unspecified atom stereocenters. The molecule has 1 aromatic rings. The summed E-state index contributed by atoms with van der Waals surface area (Å²) in [6.07, 6.45) is 6.27. The van der Waals surface area contributed by atoms with Crippen LogP contribution in [0.15, 0.2) is 24.3 Å². The van der Waals surface area contributed by atoms with Gasteiger partial charge in [0.1, 0.15) is 5.75 Å². The van der Waals surface area contributed by atoms with E-state index in [-0.39, 0.29) is 12.3 Å². The second-order valence-electron chi connectivity index (χ2n) is 5.90. The molecule has 116 valence electrons. The quantitative estimate of drug-likeness (QED) is 0.819. The highest BCUT2D eigenvalue weighted by Gasteiger charge is 2.28. The van der Waals surface area contributed by atoms with Crippen LogP contribution in [0.3, 0.4) is 0 Å². The monoisotopic (exact) mass is 291 g/mol. The number of rotatable bonds is 5. The maximum Gasteiger partial charge on any atom is 0.224 e. The standard InChI is InChI=1S/C17H25NO3/c1-21-15-9-5-4-8-14(15)12-16(19)18-13-17(20)10-6-2-3-7-11-17/h4-5,8-9,20H,2-3,6-7,10-13H2,1H3,(H,18,19). The van der Waals surface area contributed by atoms with Gasteiger partial charge in [-0.3, -0.25) is 4.79 Å². The first kappa shape index (κ1) is 15.8. The molecule has 0 heterocycles. The molecule has 4 nitrogen and oxygen atoms in total. The third kappa shape index (κ3) is 4.74. The zero-order chi connectivity index (χ0) is 15.1. The molecule has 1 saturated carbocycles. The number of methoxy groups -OCH3 is 1. The fourth-order valence-electron chi connectivity index (χ4n) is 2.91. The SMILES string of the molecule is COc1ccccc1CC(=O)NCC1(O)CCCCCC1. The second-order valence-corrected chi connectivity index (χ2v) is 5.90. The Kier molecular flexibility index (Phi) is 5.62. The Morgan fingerprint density at radius 1 is 1.24 bits per heavy atom. The molecule has 21 heavy (non-hydrogen) atoms. The van der Waals surface area contributed by atoms with Crippen molar-refractivity contribution in [1.29, 1.82) is 0 Å². The van der Waals surface area contributed by atoms with E-state index in [9.17, 15) is 9.90 Å². The van der Waals surface area contributed by atoms with E-state index in [0.717, 1.165) is 37.0 Å². The van der Waals surface area contributed by atoms with Crippen molar-refractivity contribution in [2.45, 2.75) is 50.5 Å². The molecular formula is C17H25NO3. The minimum atomic E-state index is -0.729. The second kappa shape index (κ2) is 7.46. The van der Waals surface area contributed by atoms with Crippen molar-refractivity contribution in [3.63, 3.8) is 0 Å². The number of para-hydroxylation sites is 1. The molecule has 1 aliphatic rings. The van der Waals surface area contributed by atoms with Gasteiger partial charge in [-0.1, -0.05) is 43.9 Å². The van der Waals surface area contributed by atoms with Crippen molar-refractivity contribution in [2.75, 3.05) is 13.7 Å². The van der Waals surface area contributed by atoms with Gasteiger partial charge in [0.15, 0.2) is 0 Å². The van der Waals surface area contributed by atoms with Crippen LogP contribution in [0.4, 0.5) is 0 Å². The zero-order valence-corrected chi connectivity index (χ0v) is 12.7. The highest BCUT2D eigenvalue weighted by Crippen LogP contribution is 2.26. The Labute approximate surface area is 126 Å². The largest absolute Gasteiger partial charge is 0.496 e. The third-order valence-electron chi connectivity index (χ3n) is 4.19. The smallest absolute Gasteiger partial charge is 0.224 e. The van der Waals surface area contributed by atoms with Gasteiger partial charge in [0.25, 0.3) is 0 Å². The summed E-state index contributed by atoms with van der Waals surface area (Å²) in [5.74, 6) is 0.651. The number of aliphatic hydroxyl groups is 1. The molecule has 1 aliphatic carbocycles. The van der Waals surface area contributed by atoms with E-state index >= 15 is 0 Å². The fourth-order valence-corrected chi connectivity index (χ4v) is 2.91. The molecule has 0 aliphatic heterocycles. The van der Waals surface area contributed by atoms with Crippen molar-refractivity contribution in [3.8, 4) is 5.75 Å². The van der Waals surface area contributed by atoms with Crippen LogP contribution in [0.5, 0.6) is 5.75 Å². The molecular weight excluding hydrogens is 266 g/mol. The fraction of sp³-hybridized carbons (Fsp3) is 0.588. The van der Waals surface area contributed by atoms with Gasteiger partial charge in [0.05, 0.1) is 19.1 Å². The van der Waals surface area contributed by atoms with E-state index < -0.39 is 5.60 Å². The Morgan fingerprint density at radius 2 is 1.90 bits per heavy atom. The summed E-state index contributed by atoms with van der Waals surface area (Å²) in [6.45, 7) is 0.348. The van der Waals surface area contributed by atoms with E-state index in [2.05, 4.69) is 5.32 Å². The number of carbonyl (C=O) groups is 1. The molecule has 2 rings (SSSR count). The summed E-state index contributed by atoms with van der Waals surface area (Å²) in [5.41, 5.74) is 0.137. The van der Waals surface area contributed by atoms with Crippen molar-refractivity contribution in [1.82, 2.24) is 5.32 Å². The molecule has 0 atom stereocenters. The van der Waals surface area contributed by atoms with Gasteiger partial charge in [0.2, 0.25) is 5.91 Å². The lowest BCUT2D eigenvalue weighted by Gasteiger charge is -2.26. The van der Waals surface area contributed by atoms with Crippen LogP contribution in [0, 0.1) is 0 Å². The predicted octanol–water partition coefficient (Wildman–Crippen LogP) is 2.44. The van der Waals surface area contributed by atoms with E-state index in [1.54, 1.807) is 7.11 Å². The molecule has 2 N–H and O–H groups in total. The lowest BCUT2D eigenvalue weighted by molar-refractivity contribution is -0.121. The molecule has 0 aromatic heterocycles. The zero-order valence-electron chi connectivity index (χ0n) is 12.7. The van der Waals surface area contributed by atoms with Crippen LogP contribution in [0.25, 0.3) is 0 Å². The van der Waals surface area contributed by atoms with Gasteiger partial charge in [0, 0.05) is 12.1 Å². The Bertz CT molecular complexity index is 465. The number of carbonyl (C=O) groups excluding carboxylic acids is 1. The van der Waals surface area contributed by atoms with E-state index in [1.165, 1.54) is 12.8 Å². The van der Waals surface area contributed by atoms with Crippen LogP contribution in [0.2, 0.25) is 0 Å². The molecule has 0 bridgehead atoms. The number of nitrogens with one attached hydrogen (secondary N) is 1. The molecule has 1 fully saturated rings. The average molecular weight is 291 g/mol. The highest BCUT2D eigenvalue weighted by atomic mass is 16.5. The normalized spacial score (nSPS) is 17.8. The van der Waals surface area contributed by atoms with Crippen LogP contribution in [-0.4, -0.2) is 30.3 Å². The van der Waals surface area contributed by atoms with E-state index in [0.29, 0.717) is 6.54 Å². The number of hydrogen-bond donors (Lipinski definition) is 2.